The summed E-state index contributed by atoms with van der Waals surface area (Å²) in [5, 5.41) is 0. The summed E-state index contributed by atoms with van der Waals surface area (Å²) in [6.07, 6.45) is 5.79. The van der Waals surface area contributed by atoms with Gasteiger partial charge >= 0.3 is 0 Å². The summed E-state index contributed by atoms with van der Waals surface area (Å²) in [5.41, 5.74) is 6.57. The molecular weight excluding hydrogens is 254 g/mol. The number of pyridine rings is 1. The Bertz CT molecular complexity index is 433. The molecule has 1 atom stereocenters. The third-order valence-corrected chi connectivity index (χ3v) is 3.67. The number of rotatable bonds is 6. The zero-order valence-corrected chi connectivity index (χ0v) is 12.0. The van der Waals surface area contributed by atoms with Crippen molar-refractivity contribution >= 4 is 5.91 Å². The minimum atomic E-state index is -0.203. The monoisotopic (exact) mass is 277 g/mol. The molecule has 1 saturated heterocycles. The number of piperidine rings is 1. The second-order valence-corrected chi connectivity index (χ2v) is 5.33. The molecule has 0 saturated carbocycles. The highest BCUT2D eigenvalue weighted by molar-refractivity contribution is 5.79. The van der Waals surface area contributed by atoms with Crippen LogP contribution in [0.1, 0.15) is 31.2 Å². The van der Waals surface area contributed by atoms with Gasteiger partial charge in [0.05, 0.1) is 12.6 Å². The van der Waals surface area contributed by atoms with Crippen LogP contribution in [-0.2, 0) is 4.79 Å². The van der Waals surface area contributed by atoms with E-state index in [1.54, 1.807) is 6.20 Å². The highest BCUT2D eigenvalue weighted by atomic mass is 16.5. The second kappa shape index (κ2) is 7.24. The molecule has 0 spiro atoms. The number of nitrogens with two attached hydrogens (primary N) is 1. The van der Waals surface area contributed by atoms with Crippen LogP contribution in [-0.4, -0.2) is 41.5 Å². The fourth-order valence-corrected chi connectivity index (χ4v) is 2.56. The molecule has 1 unspecified atom stereocenters. The smallest absolute Gasteiger partial charge is 0.234 e. The lowest BCUT2D eigenvalue weighted by atomic mass is 10.0. The molecule has 2 heterocycles. The van der Waals surface area contributed by atoms with Gasteiger partial charge in [0, 0.05) is 18.8 Å². The number of hydrogen-bond donors (Lipinski definition) is 1. The van der Waals surface area contributed by atoms with Gasteiger partial charge in [0.2, 0.25) is 11.8 Å². The summed E-state index contributed by atoms with van der Waals surface area (Å²) in [7, 11) is 0. The standard InChI is InChI=1S/C15H23N3O2/c1-12-6-7-14(17-11-12)20-10-4-9-18-8-3-2-5-13(18)15(16)19/h6-7,11,13H,2-5,8-10H2,1H3,(H2,16,19). The molecule has 1 aromatic heterocycles. The Morgan fingerprint density at radius 1 is 1.50 bits per heavy atom. The van der Waals surface area contributed by atoms with Crippen molar-refractivity contribution in [1.29, 1.82) is 0 Å². The number of primary amides is 1. The van der Waals surface area contributed by atoms with E-state index in [2.05, 4.69) is 9.88 Å². The summed E-state index contributed by atoms with van der Waals surface area (Å²) in [4.78, 5) is 17.8. The Hall–Kier alpha value is -1.62. The molecule has 1 fully saturated rings. The Kier molecular flexibility index (Phi) is 5.35. The third-order valence-electron chi connectivity index (χ3n) is 3.67. The summed E-state index contributed by atoms with van der Waals surface area (Å²) >= 11 is 0. The molecule has 1 amide bonds. The van der Waals surface area contributed by atoms with Crippen molar-refractivity contribution in [3.8, 4) is 5.88 Å². The molecular formula is C15H23N3O2. The van der Waals surface area contributed by atoms with E-state index < -0.39 is 0 Å². The molecule has 0 aromatic carbocycles. The first-order chi connectivity index (χ1) is 9.66. The first-order valence-electron chi connectivity index (χ1n) is 7.25. The zero-order chi connectivity index (χ0) is 14.4. The Morgan fingerprint density at radius 3 is 3.05 bits per heavy atom. The zero-order valence-electron chi connectivity index (χ0n) is 12.0. The Labute approximate surface area is 120 Å². The van der Waals surface area contributed by atoms with Crippen LogP contribution in [0.5, 0.6) is 5.88 Å². The Morgan fingerprint density at radius 2 is 2.35 bits per heavy atom. The molecule has 1 aliphatic heterocycles. The highest BCUT2D eigenvalue weighted by Crippen LogP contribution is 2.17. The van der Waals surface area contributed by atoms with E-state index in [-0.39, 0.29) is 11.9 Å². The Balaban J connectivity index is 1.72. The van der Waals surface area contributed by atoms with E-state index in [9.17, 15) is 4.79 Å². The van der Waals surface area contributed by atoms with E-state index in [0.717, 1.165) is 44.3 Å². The van der Waals surface area contributed by atoms with Gasteiger partial charge in [-0.3, -0.25) is 9.69 Å². The minimum absolute atomic E-state index is 0.0961. The first kappa shape index (κ1) is 14.8. The predicted molar refractivity (Wildman–Crippen MR) is 77.5 cm³/mol. The fraction of sp³-hybridized carbons (Fsp3) is 0.600. The molecule has 1 aromatic rings. The normalized spacial score (nSPS) is 19.8. The SMILES string of the molecule is Cc1ccc(OCCCN2CCCCC2C(N)=O)nc1. The van der Waals surface area contributed by atoms with E-state index in [1.165, 1.54) is 0 Å². The highest BCUT2D eigenvalue weighted by Gasteiger charge is 2.26. The van der Waals surface area contributed by atoms with Crippen molar-refractivity contribution in [2.24, 2.45) is 5.73 Å². The van der Waals surface area contributed by atoms with Gasteiger partial charge in [-0.15, -0.1) is 0 Å². The lowest BCUT2D eigenvalue weighted by Gasteiger charge is -2.33. The topological polar surface area (TPSA) is 68.5 Å². The van der Waals surface area contributed by atoms with Crippen molar-refractivity contribution in [2.75, 3.05) is 19.7 Å². The van der Waals surface area contributed by atoms with E-state index in [1.807, 2.05) is 19.1 Å². The van der Waals surface area contributed by atoms with Crippen molar-refractivity contribution in [3.63, 3.8) is 0 Å². The fourth-order valence-electron chi connectivity index (χ4n) is 2.56. The largest absolute Gasteiger partial charge is 0.478 e. The van der Waals surface area contributed by atoms with Gasteiger partial charge in [-0.05, 0) is 38.3 Å². The molecule has 20 heavy (non-hydrogen) atoms. The van der Waals surface area contributed by atoms with Gasteiger partial charge in [-0.25, -0.2) is 4.98 Å². The molecule has 0 aliphatic carbocycles. The molecule has 0 bridgehead atoms. The number of likely N-dealkylation sites (tertiary alicyclic amines) is 1. The second-order valence-electron chi connectivity index (χ2n) is 5.33. The van der Waals surface area contributed by atoms with Crippen LogP contribution in [0, 0.1) is 6.92 Å². The minimum Gasteiger partial charge on any atom is -0.478 e. The summed E-state index contributed by atoms with van der Waals surface area (Å²) in [6, 6.07) is 3.76. The van der Waals surface area contributed by atoms with E-state index in [0.29, 0.717) is 12.5 Å². The van der Waals surface area contributed by atoms with Crippen LogP contribution in [0.4, 0.5) is 0 Å². The molecule has 110 valence electrons. The molecule has 5 nitrogen and oxygen atoms in total. The van der Waals surface area contributed by atoms with Crippen molar-refractivity contribution in [1.82, 2.24) is 9.88 Å². The van der Waals surface area contributed by atoms with Crippen LogP contribution < -0.4 is 10.5 Å². The molecule has 2 rings (SSSR count). The van der Waals surface area contributed by atoms with Gasteiger partial charge < -0.3 is 10.5 Å². The van der Waals surface area contributed by atoms with E-state index in [4.69, 9.17) is 10.5 Å². The maximum atomic E-state index is 11.4. The maximum Gasteiger partial charge on any atom is 0.234 e. The maximum absolute atomic E-state index is 11.4. The van der Waals surface area contributed by atoms with E-state index >= 15 is 0 Å². The average Bonchev–Trinajstić information content (AvgIpc) is 2.46. The molecule has 1 aliphatic rings. The van der Waals surface area contributed by atoms with Crippen molar-refractivity contribution in [2.45, 2.75) is 38.6 Å². The number of amides is 1. The van der Waals surface area contributed by atoms with Gasteiger partial charge in [-0.2, -0.15) is 0 Å². The summed E-state index contributed by atoms with van der Waals surface area (Å²) in [6.45, 7) is 4.41. The summed E-state index contributed by atoms with van der Waals surface area (Å²) < 4.78 is 5.59. The number of hydrogen-bond acceptors (Lipinski definition) is 4. The number of carbonyl (C=O) groups is 1. The van der Waals surface area contributed by atoms with Crippen LogP contribution in [0.3, 0.4) is 0 Å². The first-order valence-corrected chi connectivity index (χ1v) is 7.25. The van der Waals surface area contributed by atoms with Crippen LogP contribution in [0.15, 0.2) is 18.3 Å². The van der Waals surface area contributed by atoms with Crippen LogP contribution in [0.2, 0.25) is 0 Å². The number of nitrogens with zero attached hydrogens (tertiary/aromatic N) is 2. The quantitative estimate of drug-likeness (QED) is 0.800. The molecule has 2 N–H and O–H groups in total. The lowest BCUT2D eigenvalue weighted by Crippen LogP contribution is -2.48. The van der Waals surface area contributed by atoms with Gasteiger partial charge in [0.25, 0.3) is 0 Å². The number of carbonyl (C=O) groups excluding carboxylic acids is 1. The summed E-state index contributed by atoms with van der Waals surface area (Å²) in [5.74, 6) is 0.450. The van der Waals surface area contributed by atoms with Gasteiger partial charge in [0.1, 0.15) is 0 Å². The number of aryl methyl sites for hydroxylation is 1. The third kappa shape index (κ3) is 4.20. The van der Waals surface area contributed by atoms with Crippen molar-refractivity contribution < 1.29 is 9.53 Å². The molecule has 0 radical (unpaired) electrons. The molecule has 5 heteroatoms. The average molecular weight is 277 g/mol. The van der Waals surface area contributed by atoms with Crippen LogP contribution in [0.25, 0.3) is 0 Å². The predicted octanol–water partition coefficient (Wildman–Crippen LogP) is 1.50. The van der Waals surface area contributed by atoms with Gasteiger partial charge in [0.15, 0.2) is 0 Å². The van der Waals surface area contributed by atoms with Crippen LogP contribution >= 0.6 is 0 Å². The van der Waals surface area contributed by atoms with Crippen molar-refractivity contribution in [3.05, 3.63) is 23.9 Å². The lowest BCUT2D eigenvalue weighted by molar-refractivity contribution is -0.124. The number of ether oxygens (including phenoxy) is 1. The van der Waals surface area contributed by atoms with Gasteiger partial charge in [-0.1, -0.05) is 12.5 Å². The number of aromatic nitrogens is 1.